The third-order valence-electron chi connectivity index (χ3n) is 9.96. The highest BCUT2D eigenvalue weighted by atomic mass is 35.5. The summed E-state index contributed by atoms with van der Waals surface area (Å²) < 4.78 is 19.6. The average Bonchev–Trinajstić information content (AvgIpc) is 3.12. The summed E-state index contributed by atoms with van der Waals surface area (Å²) in [5.74, 6) is 5.47. The molecule has 0 aliphatic carbocycles. The van der Waals surface area contributed by atoms with E-state index < -0.39 is 8.07 Å². The van der Waals surface area contributed by atoms with Crippen LogP contribution in [-0.2, 0) is 0 Å². The molecule has 0 radical (unpaired) electrons. The molecule has 1 aromatic carbocycles. The predicted molar refractivity (Wildman–Crippen MR) is 234 cm³/mol. The zero-order chi connectivity index (χ0) is 38.0. The molecule has 0 aliphatic heterocycles. The van der Waals surface area contributed by atoms with Crippen molar-refractivity contribution in [2.45, 2.75) is 233 Å². The van der Waals surface area contributed by atoms with Gasteiger partial charge in [0.15, 0.2) is 11.5 Å². The van der Waals surface area contributed by atoms with Crippen LogP contribution in [0.2, 0.25) is 24.7 Å². The predicted octanol–water partition coefficient (Wildman–Crippen LogP) is 16.5. The zero-order valence-corrected chi connectivity index (χ0v) is 37.3. The van der Waals surface area contributed by atoms with Gasteiger partial charge >= 0.3 is 0 Å². The van der Waals surface area contributed by atoms with E-state index in [1.807, 2.05) is 6.07 Å². The smallest absolute Gasteiger partial charge is 0.205 e. The van der Waals surface area contributed by atoms with Crippen molar-refractivity contribution in [1.29, 1.82) is 0 Å². The third kappa shape index (κ3) is 27.3. The van der Waals surface area contributed by atoms with Crippen molar-refractivity contribution in [2.75, 3.05) is 19.8 Å². The molecule has 0 fully saturated rings. The van der Waals surface area contributed by atoms with Gasteiger partial charge in [-0.3, -0.25) is 0 Å². The van der Waals surface area contributed by atoms with E-state index >= 15 is 0 Å². The van der Waals surface area contributed by atoms with Gasteiger partial charge in [0, 0.05) is 6.07 Å². The zero-order valence-electron chi connectivity index (χ0n) is 35.5. The molecule has 0 saturated carbocycles. The molecule has 0 aromatic heterocycles. The number of ether oxygens (including phenoxy) is 3. The molecule has 0 amide bonds. The lowest BCUT2D eigenvalue weighted by Crippen LogP contribution is -2.16. The number of rotatable bonds is 36. The number of unbranched alkanes of at least 4 members (excludes halogenated alkanes) is 27. The summed E-state index contributed by atoms with van der Waals surface area (Å²) in [5.41, 5.74) is 4.32. The second kappa shape index (κ2) is 34.2. The Balaban J connectivity index is 2.87. The van der Waals surface area contributed by atoms with Crippen LogP contribution < -0.4 is 14.2 Å². The SMILES string of the molecule is CCCCCCCCCCCCOc1cc(C#C[Si](C)(C)C)c(Cl)c(OCCCCCCCCCCCC)c1OCCCCCCCCCCCC. The summed E-state index contributed by atoms with van der Waals surface area (Å²) in [6.07, 6.45) is 39.1. The molecule has 5 heteroatoms. The average molecular weight is 762 g/mol. The van der Waals surface area contributed by atoms with Crippen molar-refractivity contribution in [3.63, 3.8) is 0 Å². The molecule has 0 spiro atoms. The van der Waals surface area contributed by atoms with Gasteiger partial charge < -0.3 is 14.2 Å². The summed E-state index contributed by atoms with van der Waals surface area (Å²) in [5, 5.41) is 0.571. The van der Waals surface area contributed by atoms with E-state index in [-0.39, 0.29) is 0 Å². The second-order valence-corrected chi connectivity index (χ2v) is 21.6. The van der Waals surface area contributed by atoms with Crippen molar-refractivity contribution in [3.8, 4) is 28.7 Å². The molecule has 3 nitrogen and oxygen atoms in total. The number of halogens is 1. The van der Waals surface area contributed by atoms with Gasteiger partial charge in [-0.1, -0.05) is 231 Å². The Bertz CT molecular complexity index is 1020. The first-order valence-electron chi connectivity index (χ1n) is 22.6. The highest BCUT2D eigenvalue weighted by Gasteiger charge is 2.21. The lowest BCUT2D eigenvalue weighted by atomic mass is 10.1. The van der Waals surface area contributed by atoms with Gasteiger partial charge in [-0.25, -0.2) is 0 Å². The maximum absolute atomic E-state index is 7.12. The van der Waals surface area contributed by atoms with Crippen LogP contribution in [0.3, 0.4) is 0 Å². The Labute approximate surface area is 330 Å². The summed E-state index contributed by atoms with van der Waals surface area (Å²) in [7, 11) is -1.61. The quantitative estimate of drug-likeness (QED) is 0.0387. The molecule has 0 heterocycles. The summed E-state index contributed by atoms with van der Waals surface area (Å²) >= 11 is 7.12. The molecular weight excluding hydrogens is 676 g/mol. The first kappa shape index (κ1) is 48.7. The minimum absolute atomic E-state index is 0.571. The van der Waals surface area contributed by atoms with Crippen molar-refractivity contribution in [1.82, 2.24) is 0 Å². The normalized spacial score (nSPS) is 11.4. The van der Waals surface area contributed by atoms with E-state index in [1.165, 1.54) is 173 Å². The van der Waals surface area contributed by atoms with Crippen LogP contribution in [-0.4, -0.2) is 27.9 Å². The van der Waals surface area contributed by atoms with Gasteiger partial charge in [-0.05, 0) is 19.3 Å². The largest absolute Gasteiger partial charge is 0.489 e. The molecule has 0 atom stereocenters. The highest BCUT2D eigenvalue weighted by molar-refractivity contribution is 6.83. The maximum atomic E-state index is 7.12. The Morgan fingerprint density at radius 3 is 1.10 bits per heavy atom. The molecule has 0 bridgehead atoms. The Morgan fingerprint density at radius 1 is 0.442 bits per heavy atom. The first-order valence-corrected chi connectivity index (χ1v) is 26.5. The lowest BCUT2D eigenvalue weighted by Gasteiger charge is -2.20. The van der Waals surface area contributed by atoms with Crippen LogP contribution in [0.1, 0.15) is 219 Å². The molecule has 1 aromatic rings. The molecule has 302 valence electrons. The van der Waals surface area contributed by atoms with Gasteiger partial charge in [0.05, 0.1) is 25.4 Å². The summed E-state index contributed by atoms with van der Waals surface area (Å²) in [6, 6.07) is 2.02. The minimum Gasteiger partial charge on any atom is -0.489 e. The fraction of sp³-hybridized carbons (Fsp3) is 0.830. The molecular formula is C47H85ClO3Si. The topological polar surface area (TPSA) is 27.7 Å². The van der Waals surface area contributed by atoms with Crippen LogP contribution >= 0.6 is 11.6 Å². The van der Waals surface area contributed by atoms with E-state index in [0.29, 0.717) is 36.3 Å². The van der Waals surface area contributed by atoms with Gasteiger partial charge in [0.2, 0.25) is 5.75 Å². The first-order chi connectivity index (χ1) is 25.3. The van der Waals surface area contributed by atoms with Gasteiger partial charge in [-0.2, -0.15) is 0 Å². The van der Waals surface area contributed by atoms with Gasteiger partial charge in [-0.15, -0.1) is 5.54 Å². The maximum Gasteiger partial charge on any atom is 0.205 e. The van der Waals surface area contributed by atoms with E-state index in [1.54, 1.807) is 0 Å². The van der Waals surface area contributed by atoms with Gasteiger partial charge in [0.1, 0.15) is 13.1 Å². The summed E-state index contributed by atoms with van der Waals surface area (Å²) in [4.78, 5) is 0. The number of hydrogen-bond donors (Lipinski definition) is 0. The van der Waals surface area contributed by atoms with Crippen molar-refractivity contribution in [3.05, 3.63) is 16.7 Å². The van der Waals surface area contributed by atoms with Gasteiger partial charge in [0.25, 0.3) is 0 Å². The van der Waals surface area contributed by atoms with E-state index in [0.717, 1.165) is 30.6 Å². The lowest BCUT2D eigenvalue weighted by molar-refractivity contribution is 0.234. The second-order valence-electron chi connectivity index (χ2n) is 16.5. The van der Waals surface area contributed by atoms with Crippen molar-refractivity contribution in [2.24, 2.45) is 0 Å². The standard InChI is InChI=1S/C47H85ClO3Si/c1-7-10-13-16-19-22-25-28-31-34-38-49-44-42-43(37-41-52(4,5)6)45(48)47(51-40-36-33-30-27-24-21-18-15-12-9-3)46(44)50-39-35-32-29-26-23-20-17-14-11-8-2/h42H,7-36,38-40H2,1-6H3. The number of hydrogen-bond acceptors (Lipinski definition) is 3. The summed E-state index contributed by atoms with van der Waals surface area (Å²) in [6.45, 7) is 15.6. The van der Waals surface area contributed by atoms with E-state index in [4.69, 9.17) is 25.8 Å². The molecule has 0 N–H and O–H groups in total. The fourth-order valence-electron chi connectivity index (χ4n) is 6.61. The Hall–Kier alpha value is -1.31. The van der Waals surface area contributed by atoms with Crippen LogP contribution in [0.4, 0.5) is 0 Å². The Morgan fingerprint density at radius 2 is 0.750 bits per heavy atom. The molecule has 1 rings (SSSR count). The van der Waals surface area contributed by atoms with Crippen LogP contribution in [0.5, 0.6) is 17.2 Å². The molecule has 0 unspecified atom stereocenters. The third-order valence-corrected chi connectivity index (χ3v) is 11.2. The molecule has 52 heavy (non-hydrogen) atoms. The molecule has 0 saturated heterocycles. The fourth-order valence-corrected chi connectivity index (χ4v) is 7.36. The monoisotopic (exact) mass is 761 g/mol. The van der Waals surface area contributed by atoms with E-state index in [2.05, 4.69) is 51.9 Å². The van der Waals surface area contributed by atoms with Crippen LogP contribution in [0.15, 0.2) is 6.07 Å². The minimum atomic E-state index is -1.61. The van der Waals surface area contributed by atoms with E-state index in [9.17, 15) is 0 Å². The van der Waals surface area contributed by atoms with Crippen molar-refractivity contribution >= 4 is 19.7 Å². The van der Waals surface area contributed by atoms with Crippen molar-refractivity contribution < 1.29 is 14.2 Å². The molecule has 0 aliphatic rings. The Kier molecular flexibility index (Phi) is 32.0. The van der Waals surface area contributed by atoms with Crippen LogP contribution in [0.25, 0.3) is 0 Å². The number of benzene rings is 1. The van der Waals surface area contributed by atoms with Crippen LogP contribution in [0, 0.1) is 11.5 Å². The highest BCUT2D eigenvalue weighted by Crippen LogP contribution is 2.45.